The van der Waals surface area contributed by atoms with Crippen molar-refractivity contribution >= 4 is 5.91 Å². The summed E-state index contributed by atoms with van der Waals surface area (Å²) in [5.74, 6) is -0.269. The van der Waals surface area contributed by atoms with Crippen molar-refractivity contribution in [3.8, 4) is 0 Å². The molecule has 4 heteroatoms. The Morgan fingerprint density at radius 3 is 2.89 bits per heavy atom. The van der Waals surface area contributed by atoms with Gasteiger partial charge in [-0.05, 0) is 31.0 Å². The van der Waals surface area contributed by atoms with E-state index < -0.39 is 0 Å². The highest BCUT2D eigenvalue weighted by atomic mass is 19.1. The van der Waals surface area contributed by atoms with Gasteiger partial charge >= 0.3 is 0 Å². The number of carbonyl (C=O) groups is 1. The number of rotatable bonds is 7. The van der Waals surface area contributed by atoms with Crippen molar-refractivity contribution in [1.29, 1.82) is 0 Å². The minimum atomic E-state index is -0.273. The summed E-state index contributed by atoms with van der Waals surface area (Å²) in [4.78, 5) is 11.7. The van der Waals surface area contributed by atoms with Gasteiger partial charge in [0.1, 0.15) is 5.82 Å². The molecule has 0 spiro atoms. The van der Waals surface area contributed by atoms with Crippen molar-refractivity contribution in [2.75, 3.05) is 6.54 Å². The van der Waals surface area contributed by atoms with Gasteiger partial charge in [-0.1, -0.05) is 25.5 Å². The number of nitrogens with one attached hydrogen (secondary N) is 2. The van der Waals surface area contributed by atoms with Crippen molar-refractivity contribution < 1.29 is 9.18 Å². The maximum Gasteiger partial charge on any atom is 0.236 e. The number of unbranched alkanes of at least 4 members (excludes halogenated alkanes) is 1. The summed E-state index contributed by atoms with van der Waals surface area (Å²) < 4.78 is 12.9. The van der Waals surface area contributed by atoms with Gasteiger partial charge in [-0.2, -0.15) is 0 Å². The normalized spacial score (nSPS) is 12.2. The third-order valence-corrected chi connectivity index (χ3v) is 2.72. The molecule has 1 aromatic rings. The van der Waals surface area contributed by atoms with Gasteiger partial charge < -0.3 is 10.6 Å². The lowest BCUT2D eigenvalue weighted by Crippen LogP contribution is -2.42. The maximum atomic E-state index is 12.9. The lowest BCUT2D eigenvalue weighted by atomic mass is 10.2. The van der Waals surface area contributed by atoms with Crippen molar-refractivity contribution in [2.45, 2.75) is 39.3 Å². The van der Waals surface area contributed by atoms with Crippen LogP contribution in [0.5, 0.6) is 0 Å². The maximum absolute atomic E-state index is 12.9. The fourth-order valence-corrected chi connectivity index (χ4v) is 1.55. The highest BCUT2D eigenvalue weighted by molar-refractivity contribution is 5.81. The van der Waals surface area contributed by atoms with Crippen LogP contribution in [0.2, 0.25) is 0 Å². The fraction of sp³-hybridized carbons (Fsp3) is 0.500. The molecule has 2 N–H and O–H groups in total. The van der Waals surface area contributed by atoms with Gasteiger partial charge in [-0.3, -0.25) is 4.79 Å². The molecule has 1 aromatic carbocycles. The molecule has 0 saturated heterocycles. The Morgan fingerprint density at radius 1 is 1.44 bits per heavy atom. The largest absolute Gasteiger partial charge is 0.355 e. The van der Waals surface area contributed by atoms with Gasteiger partial charge in [-0.25, -0.2) is 4.39 Å². The van der Waals surface area contributed by atoms with E-state index in [4.69, 9.17) is 0 Å². The molecule has 100 valence electrons. The molecule has 0 aliphatic heterocycles. The number of hydrogen-bond donors (Lipinski definition) is 2. The Hall–Kier alpha value is -1.42. The quantitative estimate of drug-likeness (QED) is 0.731. The molecule has 18 heavy (non-hydrogen) atoms. The Balaban J connectivity index is 2.32. The van der Waals surface area contributed by atoms with Gasteiger partial charge in [0.2, 0.25) is 5.91 Å². The molecule has 0 saturated carbocycles. The number of hydrogen-bond acceptors (Lipinski definition) is 2. The molecule has 1 amide bonds. The zero-order valence-electron chi connectivity index (χ0n) is 11.0. The van der Waals surface area contributed by atoms with Crippen molar-refractivity contribution in [3.63, 3.8) is 0 Å². The first-order valence-corrected chi connectivity index (χ1v) is 6.39. The number of benzene rings is 1. The highest BCUT2D eigenvalue weighted by Crippen LogP contribution is 2.03. The van der Waals surface area contributed by atoms with Crippen molar-refractivity contribution in [1.82, 2.24) is 10.6 Å². The minimum Gasteiger partial charge on any atom is -0.355 e. The van der Waals surface area contributed by atoms with Gasteiger partial charge in [0.25, 0.3) is 0 Å². The van der Waals surface area contributed by atoms with E-state index in [9.17, 15) is 9.18 Å². The fourth-order valence-electron chi connectivity index (χ4n) is 1.55. The molecule has 0 fully saturated rings. The number of amides is 1. The van der Waals surface area contributed by atoms with E-state index in [1.807, 2.05) is 6.07 Å². The highest BCUT2D eigenvalue weighted by Gasteiger charge is 2.10. The molecule has 0 aliphatic rings. The van der Waals surface area contributed by atoms with Crippen LogP contribution in [0.15, 0.2) is 24.3 Å². The molecule has 1 rings (SSSR count). The molecular weight excluding hydrogens is 231 g/mol. The first-order valence-electron chi connectivity index (χ1n) is 6.39. The van der Waals surface area contributed by atoms with Gasteiger partial charge in [-0.15, -0.1) is 0 Å². The van der Waals surface area contributed by atoms with E-state index in [1.54, 1.807) is 13.0 Å². The number of carbonyl (C=O) groups excluding carboxylic acids is 1. The van der Waals surface area contributed by atoms with E-state index in [2.05, 4.69) is 17.6 Å². The Morgan fingerprint density at radius 2 is 2.22 bits per heavy atom. The molecule has 0 heterocycles. The zero-order valence-corrected chi connectivity index (χ0v) is 11.0. The van der Waals surface area contributed by atoms with Crippen LogP contribution in [-0.4, -0.2) is 18.5 Å². The molecule has 1 unspecified atom stereocenters. The van der Waals surface area contributed by atoms with Crippen molar-refractivity contribution in [3.05, 3.63) is 35.6 Å². The summed E-state index contributed by atoms with van der Waals surface area (Å²) >= 11 is 0. The summed E-state index contributed by atoms with van der Waals surface area (Å²) in [7, 11) is 0. The molecule has 1 atom stereocenters. The van der Waals surface area contributed by atoms with Crippen LogP contribution in [0.3, 0.4) is 0 Å². The predicted molar refractivity (Wildman–Crippen MR) is 70.6 cm³/mol. The number of halogens is 1. The topological polar surface area (TPSA) is 41.1 Å². The van der Waals surface area contributed by atoms with Crippen LogP contribution in [0, 0.1) is 5.82 Å². The van der Waals surface area contributed by atoms with E-state index >= 15 is 0 Å². The average Bonchev–Trinajstić information content (AvgIpc) is 2.36. The predicted octanol–water partition coefficient (Wildman–Crippen LogP) is 2.22. The summed E-state index contributed by atoms with van der Waals surface area (Å²) in [6.07, 6.45) is 2.05. The van der Waals surface area contributed by atoms with Crippen LogP contribution < -0.4 is 10.6 Å². The third-order valence-electron chi connectivity index (χ3n) is 2.72. The Labute approximate surface area is 108 Å². The molecule has 0 radical (unpaired) electrons. The van der Waals surface area contributed by atoms with E-state index in [0.717, 1.165) is 18.4 Å². The van der Waals surface area contributed by atoms with Crippen LogP contribution in [0.1, 0.15) is 32.3 Å². The lowest BCUT2D eigenvalue weighted by molar-refractivity contribution is -0.122. The second kappa shape index (κ2) is 7.82. The molecule has 0 aliphatic carbocycles. The molecular formula is C14H21FN2O. The monoisotopic (exact) mass is 252 g/mol. The first kappa shape index (κ1) is 14.6. The van der Waals surface area contributed by atoms with E-state index in [0.29, 0.717) is 13.1 Å². The van der Waals surface area contributed by atoms with Crippen LogP contribution in [0.25, 0.3) is 0 Å². The van der Waals surface area contributed by atoms with E-state index in [-0.39, 0.29) is 17.8 Å². The summed E-state index contributed by atoms with van der Waals surface area (Å²) in [6, 6.07) is 6.10. The van der Waals surface area contributed by atoms with Gasteiger partial charge in [0, 0.05) is 13.1 Å². The lowest BCUT2D eigenvalue weighted by Gasteiger charge is -2.14. The molecule has 3 nitrogen and oxygen atoms in total. The van der Waals surface area contributed by atoms with Crippen LogP contribution in [0.4, 0.5) is 4.39 Å². The van der Waals surface area contributed by atoms with Gasteiger partial charge in [0.15, 0.2) is 0 Å². The summed E-state index contributed by atoms with van der Waals surface area (Å²) in [6.45, 7) is 5.08. The smallest absolute Gasteiger partial charge is 0.236 e. The standard InChI is InChI=1S/C14H21FN2O/c1-3-4-8-16-14(18)11(2)17-10-12-6-5-7-13(15)9-12/h5-7,9,11,17H,3-4,8,10H2,1-2H3,(H,16,18). The van der Waals surface area contributed by atoms with Crippen LogP contribution >= 0.6 is 0 Å². The van der Waals surface area contributed by atoms with Gasteiger partial charge in [0.05, 0.1) is 6.04 Å². The Bertz CT molecular complexity index is 382. The molecule has 0 bridgehead atoms. The summed E-state index contributed by atoms with van der Waals surface area (Å²) in [5.41, 5.74) is 0.836. The van der Waals surface area contributed by atoms with Crippen molar-refractivity contribution in [2.24, 2.45) is 0 Å². The Kier molecular flexibility index (Phi) is 6.36. The average molecular weight is 252 g/mol. The second-order valence-corrected chi connectivity index (χ2v) is 4.38. The van der Waals surface area contributed by atoms with Crippen LogP contribution in [-0.2, 0) is 11.3 Å². The first-order chi connectivity index (χ1) is 8.63. The zero-order chi connectivity index (χ0) is 13.4. The van der Waals surface area contributed by atoms with E-state index in [1.165, 1.54) is 12.1 Å². The SMILES string of the molecule is CCCCNC(=O)C(C)NCc1cccc(F)c1. The molecule has 0 aromatic heterocycles. The summed E-state index contributed by atoms with van der Waals surface area (Å²) in [5, 5.41) is 5.93. The third kappa shape index (κ3) is 5.27. The minimum absolute atomic E-state index is 0.0140. The second-order valence-electron chi connectivity index (χ2n) is 4.38.